The minimum atomic E-state index is -2.85. The highest BCUT2D eigenvalue weighted by atomic mass is 28.3. The number of pyridine rings is 2. The predicted molar refractivity (Wildman–Crippen MR) is 208 cm³/mol. The van der Waals surface area contributed by atoms with Gasteiger partial charge in [0.2, 0.25) is 0 Å². The highest BCUT2D eigenvalue weighted by molar-refractivity contribution is 7.21. The van der Waals surface area contributed by atoms with Crippen LogP contribution in [-0.4, -0.2) is 18.0 Å². The van der Waals surface area contributed by atoms with E-state index in [2.05, 4.69) is 143 Å². The van der Waals surface area contributed by atoms with Crippen molar-refractivity contribution in [2.24, 2.45) is 0 Å². The van der Waals surface area contributed by atoms with Crippen molar-refractivity contribution in [3.63, 3.8) is 0 Å². The van der Waals surface area contributed by atoms with E-state index >= 15 is 0 Å². The molecule has 0 radical (unpaired) electrons. The van der Waals surface area contributed by atoms with E-state index in [9.17, 15) is 0 Å². The fraction of sp³-hybridized carbons (Fsp3) is 0. The molecule has 8 aromatic rings. The molecule has 0 saturated heterocycles. The van der Waals surface area contributed by atoms with Crippen molar-refractivity contribution in [3.8, 4) is 67.8 Å². The van der Waals surface area contributed by atoms with Crippen LogP contribution in [0.15, 0.2) is 182 Å². The van der Waals surface area contributed by atoms with Crippen LogP contribution in [-0.2, 0) is 0 Å². The minimum absolute atomic E-state index is 0.858. The first-order valence-electron chi connectivity index (χ1n) is 17.1. The van der Waals surface area contributed by atoms with Gasteiger partial charge in [0.15, 0.2) is 8.07 Å². The first-order chi connectivity index (χ1) is 25.3. The van der Waals surface area contributed by atoms with Crippen LogP contribution in [0.1, 0.15) is 0 Å². The first-order valence-corrected chi connectivity index (χ1v) is 19.1. The van der Waals surface area contributed by atoms with Crippen molar-refractivity contribution in [1.82, 2.24) is 9.97 Å². The lowest BCUT2D eigenvalue weighted by molar-refractivity contribution is 0.465. The Kier molecular flexibility index (Phi) is 6.79. The van der Waals surface area contributed by atoms with Crippen LogP contribution in [0.2, 0.25) is 0 Å². The molecule has 0 spiro atoms. The Balaban J connectivity index is 1.19. The van der Waals surface area contributed by atoms with Gasteiger partial charge in [-0.25, -0.2) is 0 Å². The van der Waals surface area contributed by atoms with Crippen molar-refractivity contribution >= 4 is 28.8 Å². The monoisotopic (exact) mass is 670 g/mol. The largest absolute Gasteiger partial charge is 0.457 e. The molecule has 1 atom stereocenters. The summed E-state index contributed by atoms with van der Waals surface area (Å²) in [7, 11) is -2.85. The van der Waals surface area contributed by atoms with E-state index in [-0.39, 0.29) is 0 Å². The van der Waals surface area contributed by atoms with E-state index in [1.165, 1.54) is 15.6 Å². The zero-order valence-corrected chi connectivity index (χ0v) is 28.5. The molecular formula is C46H30N2O2Si. The first kappa shape index (κ1) is 29.4. The molecule has 0 bridgehead atoms. The van der Waals surface area contributed by atoms with E-state index in [1.54, 1.807) is 0 Å². The Morgan fingerprint density at radius 2 is 0.961 bits per heavy atom. The minimum Gasteiger partial charge on any atom is -0.457 e. The summed E-state index contributed by atoms with van der Waals surface area (Å²) in [6.07, 6.45) is 3.67. The molecule has 4 nitrogen and oxygen atoms in total. The third-order valence-corrected chi connectivity index (χ3v) is 14.9. The van der Waals surface area contributed by atoms with Crippen LogP contribution in [0, 0.1) is 0 Å². The smallest absolute Gasteiger partial charge is 0.197 e. The molecule has 0 fully saturated rings. The Hall–Kier alpha value is -6.56. The Labute approximate surface area is 297 Å². The molecule has 4 heterocycles. The lowest BCUT2D eigenvalue weighted by Crippen LogP contribution is -2.77. The van der Waals surface area contributed by atoms with Gasteiger partial charge in [0.05, 0.1) is 11.4 Å². The van der Waals surface area contributed by atoms with Crippen molar-refractivity contribution in [2.75, 3.05) is 0 Å². The standard InChI is InChI=1S/C46H30N2O2Si/c1-2-15-36(16-3-1)51-43-21-6-4-19-40(43)49-42-24-23-37(45(46(42)51)50-41-20-5-7-22-44(41)51)32-14-12-13-31(27-32)33-28-34(38-17-8-10-25-47-38)30-35(29-33)39-18-9-11-26-48-39/h1-30H. The number of hydrogen-bond donors (Lipinski definition) is 0. The van der Waals surface area contributed by atoms with Crippen molar-refractivity contribution in [3.05, 3.63) is 182 Å². The molecule has 6 aromatic carbocycles. The molecule has 2 aliphatic rings. The maximum absolute atomic E-state index is 7.01. The molecule has 10 rings (SSSR count). The second kappa shape index (κ2) is 11.8. The van der Waals surface area contributed by atoms with Gasteiger partial charge in [-0.15, -0.1) is 0 Å². The topological polar surface area (TPSA) is 44.2 Å². The Morgan fingerprint density at radius 3 is 1.63 bits per heavy atom. The lowest BCUT2D eigenvalue weighted by atomic mass is 9.94. The molecule has 2 aliphatic heterocycles. The lowest BCUT2D eigenvalue weighted by Gasteiger charge is -2.44. The summed E-state index contributed by atoms with van der Waals surface area (Å²) in [5.41, 5.74) is 8.20. The van der Waals surface area contributed by atoms with Gasteiger partial charge in [0, 0.05) is 34.3 Å². The number of ether oxygens (including phenoxy) is 2. The Morgan fingerprint density at radius 1 is 0.392 bits per heavy atom. The van der Waals surface area contributed by atoms with Gasteiger partial charge in [-0.05, 0) is 105 Å². The molecule has 5 heteroatoms. The molecule has 0 saturated carbocycles. The number of hydrogen-bond acceptors (Lipinski definition) is 4. The van der Waals surface area contributed by atoms with Gasteiger partial charge in [-0.1, -0.05) is 97.1 Å². The fourth-order valence-electron chi connectivity index (χ4n) is 7.88. The zero-order chi connectivity index (χ0) is 33.8. The van der Waals surface area contributed by atoms with Gasteiger partial charge in [0.25, 0.3) is 0 Å². The average Bonchev–Trinajstić information content (AvgIpc) is 3.21. The second-order valence-corrected chi connectivity index (χ2v) is 16.6. The zero-order valence-electron chi connectivity index (χ0n) is 27.5. The molecular weight excluding hydrogens is 641 g/mol. The predicted octanol–water partition coefficient (Wildman–Crippen LogP) is 8.73. The number of nitrogens with zero attached hydrogens (tertiary/aromatic N) is 2. The van der Waals surface area contributed by atoms with Crippen LogP contribution in [0.25, 0.3) is 44.8 Å². The summed E-state index contributed by atoms with van der Waals surface area (Å²) in [5, 5.41) is 4.93. The van der Waals surface area contributed by atoms with E-state index < -0.39 is 8.07 Å². The summed E-state index contributed by atoms with van der Waals surface area (Å²) in [4.78, 5) is 9.36. The van der Waals surface area contributed by atoms with Gasteiger partial charge in [-0.2, -0.15) is 0 Å². The van der Waals surface area contributed by atoms with Crippen LogP contribution >= 0.6 is 0 Å². The van der Waals surface area contributed by atoms with E-state index in [0.717, 1.165) is 73.0 Å². The molecule has 0 N–H and O–H groups in total. The summed E-state index contributed by atoms with van der Waals surface area (Å²) in [6.45, 7) is 0. The number of fused-ring (bicyclic) bond motifs is 4. The maximum atomic E-state index is 7.01. The van der Waals surface area contributed by atoms with Gasteiger partial charge in [-0.3, -0.25) is 9.97 Å². The van der Waals surface area contributed by atoms with Gasteiger partial charge >= 0.3 is 0 Å². The van der Waals surface area contributed by atoms with Crippen molar-refractivity contribution in [1.29, 1.82) is 0 Å². The van der Waals surface area contributed by atoms with E-state index in [4.69, 9.17) is 9.47 Å². The quantitative estimate of drug-likeness (QED) is 0.172. The molecule has 0 amide bonds. The summed E-state index contributed by atoms with van der Waals surface area (Å²) < 4.78 is 13.7. The number of aromatic nitrogens is 2. The molecule has 0 aliphatic carbocycles. The number of rotatable bonds is 5. The van der Waals surface area contributed by atoms with Crippen molar-refractivity contribution < 1.29 is 9.47 Å². The van der Waals surface area contributed by atoms with Gasteiger partial charge in [0.1, 0.15) is 23.0 Å². The number of para-hydroxylation sites is 2. The third kappa shape index (κ3) is 4.67. The summed E-state index contributed by atoms with van der Waals surface area (Å²) >= 11 is 0. The normalized spacial score (nSPS) is 15.1. The maximum Gasteiger partial charge on any atom is 0.197 e. The van der Waals surface area contributed by atoms with Crippen LogP contribution in [0.4, 0.5) is 0 Å². The highest BCUT2D eigenvalue weighted by Gasteiger charge is 2.54. The number of benzene rings is 6. The average molecular weight is 671 g/mol. The third-order valence-electron chi connectivity index (χ3n) is 10.1. The molecule has 2 aromatic heterocycles. The van der Waals surface area contributed by atoms with E-state index in [0.29, 0.717) is 0 Å². The van der Waals surface area contributed by atoms with Crippen LogP contribution in [0.5, 0.6) is 23.0 Å². The second-order valence-electron chi connectivity index (χ2n) is 12.9. The molecule has 51 heavy (non-hydrogen) atoms. The fourth-order valence-corrected chi connectivity index (χ4v) is 13.0. The van der Waals surface area contributed by atoms with Crippen LogP contribution < -0.4 is 30.2 Å². The Bertz CT molecular complexity index is 2520. The summed E-state index contributed by atoms with van der Waals surface area (Å²) in [5.74, 6) is 3.53. The van der Waals surface area contributed by atoms with Crippen LogP contribution in [0.3, 0.4) is 0 Å². The summed E-state index contributed by atoms with van der Waals surface area (Å²) in [6, 6.07) is 59.8. The molecule has 240 valence electrons. The van der Waals surface area contributed by atoms with Gasteiger partial charge < -0.3 is 9.47 Å². The van der Waals surface area contributed by atoms with E-state index in [1.807, 2.05) is 48.8 Å². The van der Waals surface area contributed by atoms with Crippen molar-refractivity contribution in [2.45, 2.75) is 0 Å². The molecule has 1 unspecified atom stereocenters. The SMILES string of the molecule is c1ccc([Si]23c4ccccc4Oc4ccc(-c5cccc(-c6cc(-c7ccccn7)cc(-c7ccccn7)c6)c5)c(c42)Oc2ccccc23)cc1. The highest BCUT2D eigenvalue weighted by Crippen LogP contribution is 2.44.